The third kappa shape index (κ3) is 10.8. The van der Waals surface area contributed by atoms with Gasteiger partial charge in [-0.25, -0.2) is 4.99 Å². The van der Waals surface area contributed by atoms with E-state index in [1.165, 1.54) is 0 Å². The van der Waals surface area contributed by atoms with E-state index in [1.807, 2.05) is 18.7 Å². The van der Waals surface area contributed by atoms with Crippen LogP contribution in [0.5, 0.6) is 11.5 Å². The van der Waals surface area contributed by atoms with Crippen LogP contribution in [0.15, 0.2) is 23.2 Å². The number of ether oxygens (including phenoxy) is 2. The van der Waals surface area contributed by atoms with E-state index in [4.69, 9.17) is 4.74 Å². The SMILES string of the molecule is CCNC(=NCc1cccc(OCC)c1OC(F)F)NCCCCSC.I. The summed E-state index contributed by atoms with van der Waals surface area (Å²) in [6, 6.07) is 5.08. The summed E-state index contributed by atoms with van der Waals surface area (Å²) < 4.78 is 35.6. The maximum absolute atomic E-state index is 12.8. The molecule has 0 saturated carbocycles. The van der Waals surface area contributed by atoms with Crippen LogP contribution in [0, 0.1) is 0 Å². The molecule has 0 radical (unpaired) electrons. The van der Waals surface area contributed by atoms with Gasteiger partial charge in [-0.3, -0.25) is 0 Å². The van der Waals surface area contributed by atoms with Crippen molar-refractivity contribution in [2.45, 2.75) is 39.8 Å². The summed E-state index contributed by atoms with van der Waals surface area (Å²) in [6.45, 7) is 2.96. The molecule has 0 aliphatic heterocycles. The smallest absolute Gasteiger partial charge is 0.387 e. The Hall–Kier alpha value is -0.970. The standard InChI is InChI=1S/C18H29F2N3O2S.HI/c1-4-21-18(22-11-6-7-12-26-3)23-13-14-9-8-10-15(24-5-2)16(14)25-17(19)20;/h8-10,17H,4-7,11-13H2,1-3H3,(H2,21,22,23);1H. The second kappa shape index (κ2) is 16.0. The third-order valence-corrected chi connectivity index (χ3v) is 4.08. The van der Waals surface area contributed by atoms with Gasteiger partial charge in [0.05, 0.1) is 13.2 Å². The highest BCUT2D eigenvalue weighted by Crippen LogP contribution is 2.33. The van der Waals surface area contributed by atoms with Gasteiger partial charge >= 0.3 is 6.61 Å². The summed E-state index contributed by atoms with van der Waals surface area (Å²) in [6.07, 6.45) is 4.27. The molecule has 9 heteroatoms. The Labute approximate surface area is 182 Å². The summed E-state index contributed by atoms with van der Waals surface area (Å²) in [7, 11) is 0. The first-order valence-corrected chi connectivity index (χ1v) is 10.2. The number of nitrogens with zero attached hydrogens (tertiary/aromatic N) is 1. The maximum atomic E-state index is 12.8. The molecule has 156 valence electrons. The minimum absolute atomic E-state index is 0. The second-order valence-corrected chi connectivity index (χ2v) is 6.36. The summed E-state index contributed by atoms with van der Waals surface area (Å²) in [4.78, 5) is 4.48. The van der Waals surface area contributed by atoms with Crippen molar-refractivity contribution in [1.82, 2.24) is 10.6 Å². The van der Waals surface area contributed by atoms with E-state index in [0.29, 0.717) is 23.9 Å². The first kappa shape index (κ1) is 26.0. The van der Waals surface area contributed by atoms with Crippen LogP contribution in [0.1, 0.15) is 32.3 Å². The van der Waals surface area contributed by atoms with Gasteiger partial charge < -0.3 is 20.1 Å². The number of para-hydroxylation sites is 1. The summed E-state index contributed by atoms with van der Waals surface area (Å²) in [5.74, 6) is 2.13. The van der Waals surface area contributed by atoms with E-state index < -0.39 is 6.61 Å². The molecule has 5 nitrogen and oxygen atoms in total. The van der Waals surface area contributed by atoms with Crippen molar-refractivity contribution in [3.63, 3.8) is 0 Å². The number of guanidine groups is 1. The zero-order valence-electron chi connectivity index (χ0n) is 16.1. The molecule has 1 aromatic carbocycles. The molecule has 0 aliphatic rings. The highest BCUT2D eigenvalue weighted by molar-refractivity contribution is 14.0. The third-order valence-electron chi connectivity index (χ3n) is 3.39. The van der Waals surface area contributed by atoms with Crippen molar-refractivity contribution in [3.05, 3.63) is 23.8 Å². The van der Waals surface area contributed by atoms with E-state index in [0.717, 1.165) is 31.7 Å². The van der Waals surface area contributed by atoms with E-state index in [2.05, 4.69) is 26.6 Å². The Balaban J connectivity index is 0.00000676. The predicted molar refractivity (Wildman–Crippen MR) is 120 cm³/mol. The Kier molecular flexibility index (Phi) is 15.5. The predicted octanol–water partition coefficient (Wildman–Crippen LogP) is 4.50. The van der Waals surface area contributed by atoms with Gasteiger partial charge in [-0.2, -0.15) is 20.5 Å². The Morgan fingerprint density at radius 2 is 2.00 bits per heavy atom. The van der Waals surface area contributed by atoms with Crippen LogP contribution in [0.2, 0.25) is 0 Å². The van der Waals surface area contributed by atoms with E-state index in [1.54, 1.807) is 25.1 Å². The number of aliphatic imine (C=N–C) groups is 1. The monoisotopic (exact) mass is 517 g/mol. The number of hydrogen-bond acceptors (Lipinski definition) is 4. The minimum atomic E-state index is -2.91. The highest BCUT2D eigenvalue weighted by atomic mass is 127. The number of halogens is 3. The van der Waals surface area contributed by atoms with E-state index in [-0.39, 0.29) is 36.3 Å². The second-order valence-electron chi connectivity index (χ2n) is 5.38. The molecule has 0 unspecified atom stereocenters. The van der Waals surface area contributed by atoms with Crippen LogP contribution >= 0.6 is 35.7 Å². The Bertz CT molecular complexity index is 551. The van der Waals surface area contributed by atoms with Gasteiger partial charge in [0.25, 0.3) is 0 Å². The molecular weight excluding hydrogens is 487 g/mol. The zero-order valence-corrected chi connectivity index (χ0v) is 19.2. The summed E-state index contributed by atoms with van der Waals surface area (Å²) in [5.41, 5.74) is 0.552. The molecule has 0 amide bonds. The summed E-state index contributed by atoms with van der Waals surface area (Å²) in [5, 5.41) is 6.42. The van der Waals surface area contributed by atoms with Gasteiger partial charge in [0.2, 0.25) is 0 Å². The van der Waals surface area contributed by atoms with E-state index >= 15 is 0 Å². The normalized spacial score (nSPS) is 11.1. The van der Waals surface area contributed by atoms with Gasteiger partial charge in [-0.1, -0.05) is 12.1 Å². The first-order valence-electron chi connectivity index (χ1n) is 8.82. The molecule has 0 heterocycles. The maximum Gasteiger partial charge on any atom is 0.387 e. The largest absolute Gasteiger partial charge is 0.490 e. The van der Waals surface area contributed by atoms with Crippen LogP contribution in [-0.4, -0.2) is 44.3 Å². The van der Waals surface area contributed by atoms with Crippen molar-refractivity contribution >= 4 is 41.7 Å². The van der Waals surface area contributed by atoms with Crippen LogP contribution in [0.3, 0.4) is 0 Å². The van der Waals surface area contributed by atoms with Crippen LogP contribution in [0.25, 0.3) is 0 Å². The molecular formula is C18H30F2IN3O2S. The number of benzene rings is 1. The number of thioether (sulfide) groups is 1. The summed E-state index contributed by atoms with van der Waals surface area (Å²) >= 11 is 1.83. The molecule has 0 atom stereocenters. The average molecular weight is 517 g/mol. The van der Waals surface area contributed by atoms with Crippen LogP contribution < -0.4 is 20.1 Å². The van der Waals surface area contributed by atoms with Crippen LogP contribution in [-0.2, 0) is 6.54 Å². The highest BCUT2D eigenvalue weighted by Gasteiger charge is 2.15. The first-order chi connectivity index (χ1) is 12.6. The number of hydrogen-bond donors (Lipinski definition) is 2. The number of nitrogens with one attached hydrogen (secondary N) is 2. The zero-order chi connectivity index (χ0) is 19.2. The van der Waals surface area contributed by atoms with Crippen molar-refractivity contribution < 1.29 is 18.3 Å². The lowest BCUT2D eigenvalue weighted by atomic mass is 10.2. The quantitative estimate of drug-likeness (QED) is 0.185. The lowest BCUT2D eigenvalue weighted by Gasteiger charge is -2.15. The van der Waals surface area contributed by atoms with Crippen LogP contribution in [0.4, 0.5) is 8.78 Å². The molecule has 0 spiro atoms. The Morgan fingerprint density at radius 3 is 2.63 bits per heavy atom. The fraction of sp³-hybridized carbons (Fsp3) is 0.611. The molecule has 1 rings (SSSR count). The molecule has 27 heavy (non-hydrogen) atoms. The lowest BCUT2D eigenvalue weighted by Crippen LogP contribution is -2.37. The average Bonchev–Trinajstić information content (AvgIpc) is 2.61. The number of rotatable bonds is 12. The van der Waals surface area contributed by atoms with E-state index in [9.17, 15) is 8.78 Å². The molecule has 2 N–H and O–H groups in total. The molecule has 1 aromatic rings. The molecule has 0 fully saturated rings. The van der Waals surface area contributed by atoms with Gasteiger partial charge in [0.15, 0.2) is 17.5 Å². The van der Waals surface area contributed by atoms with Gasteiger partial charge in [0.1, 0.15) is 0 Å². The fourth-order valence-corrected chi connectivity index (χ4v) is 2.75. The lowest BCUT2D eigenvalue weighted by molar-refractivity contribution is -0.0520. The van der Waals surface area contributed by atoms with Gasteiger partial charge in [-0.05, 0) is 44.8 Å². The number of alkyl halides is 2. The molecule has 0 aliphatic carbocycles. The Morgan fingerprint density at radius 1 is 1.22 bits per heavy atom. The van der Waals surface area contributed by atoms with Crippen molar-refractivity contribution in [3.8, 4) is 11.5 Å². The van der Waals surface area contributed by atoms with Gasteiger partial charge in [-0.15, -0.1) is 24.0 Å². The molecule has 0 bridgehead atoms. The topological polar surface area (TPSA) is 54.9 Å². The number of unbranched alkanes of at least 4 members (excludes halogenated alkanes) is 1. The molecule has 0 saturated heterocycles. The fourth-order valence-electron chi connectivity index (χ4n) is 2.26. The van der Waals surface area contributed by atoms with Gasteiger partial charge in [0, 0.05) is 18.7 Å². The minimum Gasteiger partial charge on any atom is -0.490 e. The van der Waals surface area contributed by atoms with Crippen molar-refractivity contribution in [2.75, 3.05) is 31.7 Å². The van der Waals surface area contributed by atoms with Crippen molar-refractivity contribution in [1.29, 1.82) is 0 Å². The molecule has 0 aromatic heterocycles. The van der Waals surface area contributed by atoms with Crippen molar-refractivity contribution in [2.24, 2.45) is 4.99 Å².